The quantitative estimate of drug-likeness (QED) is 0.928. The largest absolute Gasteiger partial charge is 0.380 e. The highest BCUT2D eigenvalue weighted by Crippen LogP contribution is 2.22. The predicted octanol–water partition coefficient (Wildman–Crippen LogP) is 3.29. The van der Waals surface area contributed by atoms with Gasteiger partial charge in [0.05, 0.1) is 5.69 Å². The highest BCUT2D eigenvalue weighted by Gasteiger charge is 2.12. The molecule has 0 aliphatic rings. The van der Waals surface area contributed by atoms with Crippen molar-refractivity contribution in [2.24, 2.45) is 7.05 Å². The molecule has 1 heterocycles. The van der Waals surface area contributed by atoms with Crippen molar-refractivity contribution in [1.82, 2.24) is 4.57 Å². The summed E-state index contributed by atoms with van der Waals surface area (Å²) in [6.45, 7) is 7.39. The lowest BCUT2D eigenvalue weighted by atomic mass is 9.87. The van der Waals surface area contributed by atoms with Crippen LogP contribution in [-0.2, 0) is 19.0 Å². The molecule has 0 radical (unpaired) electrons. The van der Waals surface area contributed by atoms with Gasteiger partial charge in [-0.05, 0) is 22.6 Å². The third-order valence-electron chi connectivity index (χ3n) is 3.40. The molecule has 3 nitrogen and oxygen atoms in total. The lowest BCUT2D eigenvalue weighted by Gasteiger charge is -2.19. The molecule has 20 heavy (non-hydrogen) atoms. The fourth-order valence-corrected chi connectivity index (χ4v) is 2.03. The van der Waals surface area contributed by atoms with Crippen LogP contribution >= 0.6 is 0 Å². The maximum atomic E-state index is 11.3. The van der Waals surface area contributed by atoms with Crippen LogP contribution in [0.4, 0.5) is 5.69 Å². The zero-order chi connectivity index (χ0) is 14.8. The molecule has 1 aromatic carbocycles. The number of rotatable bonds is 3. The van der Waals surface area contributed by atoms with Crippen LogP contribution in [0.5, 0.6) is 0 Å². The van der Waals surface area contributed by atoms with Gasteiger partial charge in [-0.25, -0.2) is 0 Å². The standard InChI is InChI=1S/C17H22N2O/c1-17(2,3)14-7-5-13(6-8-14)11-18-15-9-10-16(20)19(4)12-15/h5-10,12,18H,11H2,1-4H3. The van der Waals surface area contributed by atoms with Gasteiger partial charge in [-0.3, -0.25) is 4.79 Å². The SMILES string of the molecule is Cn1cc(NCc2ccc(C(C)(C)C)cc2)ccc1=O. The van der Waals surface area contributed by atoms with Gasteiger partial charge in [-0.1, -0.05) is 45.0 Å². The van der Waals surface area contributed by atoms with E-state index in [1.165, 1.54) is 11.1 Å². The number of hydrogen-bond donors (Lipinski definition) is 1. The van der Waals surface area contributed by atoms with Crippen LogP contribution in [0.15, 0.2) is 47.4 Å². The Balaban J connectivity index is 2.04. The molecule has 0 amide bonds. The molecule has 1 N–H and O–H groups in total. The van der Waals surface area contributed by atoms with Crippen molar-refractivity contribution >= 4 is 5.69 Å². The van der Waals surface area contributed by atoms with Gasteiger partial charge in [0.1, 0.15) is 0 Å². The third kappa shape index (κ3) is 3.50. The van der Waals surface area contributed by atoms with Crippen LogP contribution in [0.3, 0.4) is 0 Å². The third-order valence-corrected chi connectivity index (χ3v) is 3.40. The monoisotopic (exact) mass is 270 g/mol. The van der Waals surface area contributed by atoms with Gasteiger partial charge in [-0.15, -0.1) is 0 Å². The first kappa shape index (κ1) is 14.4. The molecular formula is C17H22N2O. The number of nitrogens with one attached hydrogen (secondary N) is 1. The molecule has 0 aliphatic carbocycles. The summed E-state index contributed by atoms with van der Waals surface area (Å²) in [7, 11) is 1.76. The first-order valence-corrected chi connectivity index (χ1v) is 6.86. The summed E-state index contributed by atoms with van der Waals surface area (Å²) in [4.78, 5) is 11.3. The smallest absolute Gasteiger partial charge is 0.250 e. The minimum Gasteiger partial charge on any atom is -0.380 e. The maximum Gasteiger partial charge on any atom is 0.250 e. The zero-order valence-electron chi connectivity index (χ0n) is 12.6. The number of hydrogen-bond acceptors (Lipinski definition) is 2. The van der Waals surface area contributed by atoms with E-state index in [2.05, 4.69) is 50.4 Å². The van der Waals surface area contributed by atoms with Gasteiger partial charge in [0.15, 0.2) is 0 Å². The highest BCUT2D eigenvalue weighted by molar-refractivity contribution is 5.41. The van der Waals surface area contributed by atoms with Gasteiger partial charge in [0.25, 0.3) is 0 Å². The van der Waals surface area contributed by atoms with E-state index in [0.29, 0.717) is 0 Å². The lowest BCUT2D eigenvalue weighted by molar-refractivity contribution is 0.590. The molecular weight excluding hydrogens is 248 g/mol. The molecule has 0 bridgehead atoms. The van der Waals surface area contributed by atoms with E-state index in [1.807, 2.05) is 12.3 Å². The molecule has 0 unspecified atom stereocenters. The Morgan fingerprint density at radius 2 is 1.70 bits per heavy atom. The Kier molecular flexibility index (Phi) is 3.98. The number of anilines is 1. The summed E-state index contributed by atoms with van der Waals surface area (Å²) in [6.07, 6.45) is 1.81. The maximum absolute atomic E-state index is 11.3. The van der Waals surface area contributed by atoms with Crippen molar-refractivity contribution in [3.8, 4) is 0 Å². The van der Waals surface area contributed by atoms with Gasteiger partial charge < -0.3 is 9.88 Å². The van der Waals surface area contributed by atoms with Crippen LogP contribution in [0.2, 0.25) is 0 Å². The summed E-state index contributed by atoms with van der Waals surface area (Å²) >= 11 is 0. The van der Waals surface area contributed by atoms with E-state index in [0.717, 1.165) is 12.2 Å². The Hall–Kier alpha value is -2.03. The van der Waals surface area contributed by atoms with E-state index < -0.39 is 0 Å². The van der Waals surface area contributed by atoms with Crippen LogP contribution in [0, 0.1) is 0 Å². The fourth-order valence-electron chi connectivity index (χ4n) is 2.03. The van der Waals surface area contributed by atoms with Crippen molar-refractivity contribution in [1.29, 1.82) is 0 Å². The first-order valence-electron chi connectivity index (χ1n) is 6.86. The number of pyridine rings is 1. The highest BCUT2D eigenvalue weighted by atomic mass is 16.1. The van der Waals surface area contributed by atoms with Crippen molar-refractivity contribution in [2.75, 3.05) is 5.32 Å². The van der Waals surface area contributed by atoms with Crippen molar-refractivity contribution < 1.29 is 0 Å². The minimum atomic E-state index is 0.00470. The number of aryl methyl sites for hydroxylation is 1. The molecule has 1 aromatic heterocycles. The Labute approximate surface area is 120 Å². The number of nitrogens with zero attached hydrogens (tertiary/aromatic N) is 1. The van der Waals surface area contributed by atoms with E-state index in [1.54, 1.807) is 17.7 Å². The molecule has 2 aromatic rings. The van der Waals surface area contributed by atoms with Gasteiger partial charge in [0.2, 0.25) is 5.56 Å². The lowest BCUT2D eigenvalue weighted by Crippen LogP contribution is -2.15. The van der Waals surface area contributed by atoms with Crippen molar-refractivity contribution in [3.05, 3.63) is 64.1 Å². The second-order valence-electron chi connectivity index (χ2n) is 6.17. The Bertz CT molecular complexity index is 633. The molecule has 2 rings (SSSR count). The van der Waals surface area contributed by atoms with E-state index in [9.17, 15) is 4.79 Å². The second-order valence-corrected chi connectivity index (χ2v) is 6.17. The van der Waals surface area contributed by atoms with E-state index >= 15 is 0 Å². The van der Waals surface area contributed by atoms with Gasteiger partial charge in [-0.2, -0.15) is 0 Å². The fraction of sp³-hybridized carbons (Fsp3) is 0.353. The first-order chi connectivity index (χ1) is 9.36. The molecule has 0 spiro atoms. The second kappa shape index (κ2) is 5.53. The van der Waals surface area contributed by atoms with Crippen LogP contribution in [0.25, 0.3) is 0 Å². The predicted molar refractivity (Wildman–Crippen MR) is 84.2 cm³/mol. The van der Waals surface area contributed by atoms with E-state index in [4.69, 9.17) is 0 Å². The summed E-state index contributed by atoms with van der Waals surface area (Å²) < 4.78 is 1.57. The zero-order valence-corrected chi connectivity index (χ0v) is 12.6. The Morgan fingerprint density at radius 3 is 2.25 bits per heavy atom. The molecule has 3 heteroatoms. The average molecular weight is 270 g/mol. The van der Waals surface area contributed by atoms with Crippen molar-refractivity contribution in [2.45, 2.75) is 32.7 Å². The Morgan fingerprint density at radius 1 is 1.05 bits per heavy atom. The van der Waals surface area contributed by atoms with Crippen LogP contribution in [0.1, 0.15) is 31.9 Å². The number of aromatic nitrogens is 1. The van der Waals surface area contributed by atoms with E-state index in [-0.39, 0.29) is 11.0 Å². The molecule has 0 saturated carbocycles. The summed E-state index contributed by atoms with van der Waals surface area (Å²) in [6, 6.07) is 12.0. The molecule has 0 atom stereocenters. The number of benzene rings is 1. The average Bonchev–Trinajstić information content (AvgIpc) is 2.40. The van der Waals surface area contributed by atoms with Crippen LogP contribution < -0.4 is 10.9 Å². The van der Waals surface area contributed by atoms with Crippen LogP contribution in [-0.4, -0.2) is 4.57 Å². The minimum absolute atomic E-state index is 0.00470. The summed E-state index contributed by atoms with van der Waals surface area (Å²) in [5.74, 6) is 0. The summed E-state index contributed by atoms with van der Waals surface area (Å²) in [5, 5.41) is 3.33. The molecule has 0 fully saturated rings. The molecule has 0 saturated heterocycles. The normalized spacial score (nSPS) is 11.4. The molecule has 106 valence electrons. The van der Waals surface area contributed by atoms with Crippen molar-refractivity contribution in [3.63, 3.8) is 0 Å². The van der Waals surface area contributed by atoms with Gasteiger partial charge >= 0.3 is 0 Å². The van der Waals surface area contributed by atoms with Gasteiger partial charge in [0, 0.05) is 25.9 Å². The summed E-state index contributed by atoms with van der Waals surface area (Å²) in [5.41, 5.74) is 3.70. The molecule has 0 aliphatic heterocycles. The topological polar surface area (TPSA) is 34.0 Å².